The van der Waals surface area contributed by atoms with Crippen LogP contribution in [0.25, 0.3) is 0 Å². The van der Waals surface area contributed by atoms with Gasteiger partial charge in [-0.25, -0.2) is 0 Å². The number of hydrogen-bond donors (Lipinski definition) is 1. The summed E-state index contributed by atoms with van der Waals surface area (Å²) in [4.78, 5) is 23.3. The van der Waals surface area contributed by atoms with Crippen LogP contribution >= 0.6 is 0 Å². The Kier molecular flexibility index (Phi) is 35.1. The fourth-order valence-corrected chi connectivity index (χ4v) is 6.06. The van der Waals surface area contributed by atoms with E-state index in [1.807, 2.05) is 0 Å². The molecule has 0 fully saturated rings. The van der Waals surface area contributed by atoms with Gasteiger partial charge < -0.3 is 9.84 Å². The third-order valence-corrected chi connectivity index (χ3v) is 8.99. The molecule has 0 aromatic heterocycles. The molecule has 0 aromatic rings. The molecule has 0 aliphatic heterocycles. The third-order valence-electron chi connectivity index (χ3n) is 8.99. The molecule has 0 spiro atoms. The van der Waals surface area contributed by atoms with Crippen LogP contribution in [0.15, 0.2) is 12.2 Å². The largest absolute Gasteiger partial charge is 0.481 e. The summed E-state index contributed by atoms with van der Waals surface area (Å²) in [6, 6.07) is 0. The molecule has 0 amide bonds. The maximum absolute atomic E-state index is 12.6. The van der Waals surface area contributed by atoms with E-state index in [0.717, 1.165) is 51.4 Å². The number of carbonyl (C=O) groups is 2. The van der Waals surface area contributed by atoms with Gasteiger partial charge in [-0.1, -0.05) is 161 Å². The van der Waals surface area contributed by atoms with Crippen molar-refractivity contribution in [3.8, 4) is 0 Å². The van der Waals surface area contributed by atoms with E-state index in [2.05, 4.69) is 26.0 Å². The minimum atomic E-state index is -0.686. The van der Waals surface area contributed by atoms with Gasteiger partial charge in [0.2, 0.25) is 0 Å². The topological polar surface area (TPSA) is 63.6 Å². The van der Waals surface area contributed by atoms with Crippen LogP contribution < -0.4 is 0 Å². The minimum absolute atomic E-state index is 0.0177. The summed E-state index contributed by atoms with van der Waals surface area (Å²) in [5, 5.41) is 8.75. The van der Waals surface area contributed by atoms with E-state index >= 15 is 0 Å². The molecule has 260 valence electrons. The number of aliphatic carboxylic acids is 1. The highest BCUT2D eigenvalue weighted by molar-refractivity contribution is 5.69. The number of unbranched alkanes of at least 4 members (excludes halogenated alkanes) is 25. The van der Waals surface area contributed by atoms with Crippen molar-refractivity contribution in [3.63, 3.8) is 0 Å². The molecule has 0 aromatic carbocycles. The number of carbonyl (C=O) groups excluding carboxylic acids is 1. The number of carboxylic acid groups (broad SMARTS) is 1. The molecule has 44 heavy (non-hydrogen) atoms. The molecule has 0 aliphatic carbocycles. The van der Waals surface area contributed by atoms with Gasteiger partial charge in [0.05, 0.1) is 0 Å². The van der Waals surface area contributed by atoms with Gasteiger partial charge in [0.25, 0.3) is 0 Å². The fourth-order valence-electron chi connectivity index (χ4n) is 6.06. The van der Waals surface area contributed by atoms with E-state index in [0.29, 0.717) is 12.8 Å². The highest BCUT2D eigenvalue weighted by Gasteiger charge is 2.14. The van der Waals surface area contributed by atoms with E-state index in [-0.39, 0.29) is 12.1 Å². The van der Waals surface area contributed by atoms with E-state index in [1.54, 1.807) is 0 Å². The fraction of sp³-hybridized carbons (Fsp3) is 0.900. The Morgan fingerprint density at radius 2 is 0.818 bits per heavy atom. The molecule has 1 atom stereocenters. The molecular weight excluding hydrogens is 544 g/mol. The molecular formula is C40H76O4. The van der Waals surface area contributed by atoms with Crippen LogP contribution in [0, 0.1) is 0 Å². The van der Waals surface area contributed by atoms with Crippen LogP contribution in [0.4, 0.5) is 0 Å². The zero-order valence-electron chi connectivity index (χ0n) is 29.7. The van der Waals surface area contributed by atoms with Crippen LogP contribution in [0.3, 0.4) is 0 Å². The molecule has 0 bridgehead atoms. The summed E-state index contributed by atoms with van der Waals surface area (Å²) in [5.74, 6) is -0.668. The smallest absolute Gasteiger partial charge is 0.306 e. The minimum Gasteiger partial charge on any atom is -0.481 e. The summed E-state index contributed by atoms with van der Waals surface area (Å²) >= 11 is 0. The summed E-state index contributed by atoms with van der Waals surface area (Å²) in [6.45, 7) is 4.54. The van der Waals surface area contributed by atoms with Crippen molar-refractivity contribution in [2.75, 3.05) is 0 Å². The lowest BCUT2D eigenvalue weighted by Gasteiger charge is -2.18. The van der Waals surface area contributed by atoms with Gasteiger partial charge >= 0.3 is 11.9 Å². The second-order valence-corrected chi connectivity index (χ2v) is 13.5. The first-order valence-corrected chi connectivity index (χ1v) is 19.7. The number of hydrogen-bond acceptors (Lipinski definition) is 3. The molecule has 0 rings (SSSR count). The van der Waals surface area contributed by atoms with Crippen molar-refractivity contribution in [2.24, 2.45) is 0 Å². The number of allylic oxidation sites excluding steroid dienone is 2. The van der Waals surface area contributed by atoms with Crippen LogP contribution in [0.1, 0.15) is 226 Å². The second-order valence-electron chi connectivity index (χ2n) is 13.5. The van der Waals surface area contributed by atoms with Crippen LogP contribution in [-0.2, 0) is 14.3 Å². The first kappa shape index (κ1) is 42.7. The quantitative estimate of drug-likeness (QED) is 0.0430. The van der Waals surface area contributed by atoms with Gasteiger partial charge in [-0.05, 0) is 64.2 Å². The van der Waals surface area contributed by atoms with Crippen molar-refractivity contribution in [1.29, 1.82) is 0 Å². The SMILES string of the molecule is CCCCCCCC/C=C\CCCCCCCCCC(=O)OC(CCCCCCCCC)CCCCCCCCCC(=O)O. The van der Waals surface area contributed by atoms with E-state index < -0.39 is 5.97 Å². The number of carboxylic acids is 1. The molecule has 0 saturated carbocycles. The highest BCUT2D eigenvalue weighted by Crippen LogP contribution is 2.19. The molecule has 0 saturated heterocycles. The van der Waals surface area contributed by atoms with E-state index in [1.165, 1.54) is 148 Å². The van der Waals surface area contributed by atoms with Gasteiger partial charge in [0.15, 0.2) is 0 Å². The number of esters is 1. The Hall–Kier alpha value is -1.32. The van der Waals surface area contributed by atoms with Crippen molar-refractivity contribution in [3.05, 3.63) is 12.2 Å². The first-order valence-electron chi connectivity index (χ1n) is 19.7. The molecule has 0 heterocycles. The van der Waals surface area contributed by atoms with E-state index in [4.69, 9.17) is 9.84 Å². The maximum atomic E-state index is 12.6. The zero-order valence-corrected chi connectivity index (χ0v) is 29.7. The molecule has 4 nitrogen and oxygen atoms in total. The molecule has 1 unspecified atom stereocenters. The van der Waals surface area contributed by atoms with Gasteiger partial charge in [-0.3, -0.25) is 9.59 Å². The Balaban J connectivity index is 3.92. The lowest BCUT2D eigenvalue weighted by molar-refractivity contribution is -0.150. The second kappa shape index (κ2) is 36.2. The summed E-state index contributed by atoms with van der Waals surface area (Å²) < 4.78 is 6.01. The number of rotatable bonds is 36. The van der Waals surface area contributed by atoms with Crippen LogP contribution in [0.2, 0.25) is 0 Å². The zero-order chi connectivity index (χ0) is 32.2. The molecule has 0 radical (unpaired) electrons. The van der Waals surface area contributed by atoms with Crippen molar-refractivity contribution >= 4 is 11.9 Å². The Morgan fingerprint density at radius 3 is 1.23 bits per heavy atom. The average molecular weight is 621 g/mol. The maximum Gasteiger partial charge on any atom is 0.306 e. The first-order chi connectivity index (χ1) is 21.6. The summed E-state index contributed by atoms with van der Waals surface area (Å²) in [7, 11) is 0. The van der Waals surface area contributed by atoms with E-state index in [9.17, 15) is 9.59 Å². The van der Waals surface area contributed by atoms with Crippen molar-refractivity contribution in [1.82, 2.24) is 0 Å². The van der Waals surface area contributed by atoms with Gasteiger partial charge in [-0.2, -0.15) is 0 Å². The van der Waals surface area contributed by atoms with Crippen molar-refractivity contribution in [2.45, 2.75) is 232 Å². The summed E-state index contributed by atoms with van der Waals surface area (Å²) in [6.07, 6.45) is 43.8. The highest BCUT2D eigenvalue weighted by atomic mass is 16.5. The monoisotopic (exact) mass is 621 g/mol. The number of ether oxygens (including phenoxy) is 1. The average Bonchev–Trinajstić information content (AvgIpc) is 3.00. The lowest BCUT2D eigenvalue weighted by Crippen LogP contribution is -2.18. The van der Waals surface area contributed by atoms with Gasteiger partial charge in [-0.15, -0.1) is 0 Å². The summed E-state index contributed by atoms with van der Waals surface area (Å²) in [5.41, 5.74) is 0. The molecule has 1 N–H and O–H groups in total. The van der Waals surface area contributed by atoms with Crippen LogP contribution in [-0.4, -0.2) is 23.1 Å². The predicted octanol–water partition coefficient (Wildman–Crippen LogP) is 13.5. The molecule has 4 heteroatoms. The van der Waals surface area contributed by atoms with Gasteiger partial charge in [0.1, 0.15) is 6.10 Å². The Labute approximate surface area is 275 Å². The van der Waals surface area contributed by atoms with Crippen LogP contribution in [0.5, 0.6) is 0 Å². The normalized spacial score (nSPS) is 12.2. The standard InChI is InChI=1S/C40H76O4/c1-3-5-7-9-11-12-13-14-15-16-17-18-19-20-25-29-33-37-40(43)44-38(34-30-26-22-10-8-6-4-2)35-31-27-23-21-24-28-32-36-39(41)42/h14-15,38H,3-13,16-37H2,1-2H3,(H,41,42)/b15-14-. The predicted molar refractivity (Wildman–Crippen MR) is 190 cm³/mol. The lowest BCUT2D eigenvalue weighted by atomic mass is 10.0. The Morgan fingerprint density at radius 1 is 0.477 bits per heavy atom. The molecule has 0 aliphatic rings. The Bertz CT molecular complexity index is 629. The van der Waals surface area contributed by atoms with Gasteiger partial charge in [0, 0.05) is 12.8 Å². The van der Waals surface area contributed by atoms with Crippen molar-refractivity contribution < 1.29 is 19.4 Å². The third kappa shape index (κ3) is 35.2.